The van der Waals surface area contributed by atoms with Crippen molar-refractivity contribution in [1.29, 1.82) is 0 Å². The Labute approximate surface area is 199 Å². The molecule has 0 spiro atoms. The first-order chi connectivity index (χ1) is 16.4. The van der Waals surface area contributed by atoms with E-state index in [9.17, 15) is 14.7 Å². The van der Waals surface area contributed by atoms with Crippen LogP contribution in [0.5, 0.6) is 11.5 Å². The van der Waals surface area contributed by atoms with E-state index in [2.05, 4.69) is 6.92 Å². The fraction of sp³-hybridized carbons (Fsp3) is 0.407. The first-order valence-electron chi connectivity index (χ1n) is 11.7. The Morgan fingerprint density at radius 3 is 2.76 bits per heavy atom. The molecule has 0 radical (unpaired) electrons. The van der Waals surface area contributed by atoms with Crippen LogP contribution in [0, 0.1) is 0 Å². The summed E-state index contributed by atoms with van der Waals surface area (Å²) in [6, 6.07) is 12.0. The fourth-order valence-corrected chi connectivity index (χ4v) is 4.48. The molecule has 7 heteroatoms. The van der Waals surface area contributed by atoms with E-state index in [-0.39, 0.29) is 30.6 Å². The van der Waals surface area contributed by atoms with Crippen LogP contribution in [-0.2, 0) is 20.7 Å². The third-order valence-corrected chi connectivity index (χ3v) is 6.19. The van der Waals surface area contributed by atoms with Crippen molar-refractivity contribution in [2.45, 2.75) is 45.3 Å². The molecule has 0 aromatic heterocycles. The molecule has 2 aliphatic heterocycles. The number of hydrogen-bond donors (Lipinski definition) is 1. The van der Waals surface area contributed by atoms with Gasteiger partial charge in [-0.05, 0) is 54.8 Å². The van der Waals surface area contributed by atoms with Gasteiger partial charge in [-0.15, -0.1) is 0 Å². The first kappa shape index (κ1) is 23.8. The van der Waals surface area contributed by atoms with E-state index in [4.69, 9.17) is 14.2 Å². The number of aliphatic hydroxyl groups excluding tert-OH is 1. The van der Waals surface area contributed by atoms with Crippen molar-refractivity contribution in [2.24, 2.45) is 0 Å². The van der Waals surface area contributed by atoms with Crippen LogP contribution in [0.4, 0.5) is 0 Å². The molecule has 4 rings (SSSR count). The summed E-state index contributed by atoms with van der Waals surface area (Å²) in [5.41, 5.74) is 2.22. The molecular weight excluding hydrogens is 434 g/mol. The monoisotopic (exact) mass is 465 g/mol. The van der Waals surface area contributed by atoms with Crippen molar-refractivity contribution in [3.8, 4) is 11.5 Å². The molecule has 1 saturated heterocycles. The second-order valence-electron chi connectivity index (χ2n) is 8.71. The molecule has 1 N–H and O–H groups in total. The van der Waals surface area contributed by atoms with Gasteiger partial charge < -0.3 is 24.2 Å². The van der Waals surface area contributed by atoms with Crippen LogP contribution in [0.3, 0.4) is 0 Å². The number of nitrogens with zero attached hydrogens (tertiary/aromatic N) is 1. The second-order valence-corrected chi connectivity index (χ2v) is 8.71. The van der Waals surface area contributed by atoms with E-state index in [1.54, 1.807) is 19.2 Å². The molecule has 180 valence electrons. The quantitative estimate of drug-likeness (QED) is 0.258. The predicted octanol–water partition coefficient (Wildman–Crippen LogP) is 4.26. The molecule has 2 aliphatic rings. The third kappa shape index (κ3) is 4.66. The highest BCUT2D eigenvalue weighted by molar-refractivity contribution is 6.46. The van der Waals surface area contributed by atoms with Gasteiger partial charge in [-0.1, -0.05) is 25.5 Å². The molecule has 34 heavy (non-hydrogen) atoms. The number of rotatable bonds is 9. The zero-order valence-corrected chi connectivity index (χ0v) is 19.9. The molecule has 1 amide bonds. The van der Waals surface area contributed by atoms with Crippen molar-refractivity contribution in [3.63, 3.8) is 0 Å². The van der Waals surface area contributed by atoms with Gasteiger partial charge in [0.15, 0.2) is 0 Å². The van der Waals surface area contributed by atoms with Crippen molar-refractivity contribution in [2.75, 3.05) is 26.9 Å². The number of Topliss-reactive ketones (excluding diaryl/α,β-unsaturated/α-hetero) is 1. The SMILES string of the molecule is CCCCOc1cccc([C@H]2C(=C(O)c3ccc4c(c3)C[C@@H](C)O4)C(=O)C(=O)N2CCOC)c1. The van der Waals surface area contributed by atoms with Gasteiger partial charge in [0.2, 0.25) is 0 Å². The minimum Gasteiger partial charge on any atom is -0.507 e. The maximum Gasteiger partial charge on any atom is 0.295 e. The largest absolute Gasteiger partial charge is 0.507 e. The Kier molecular flexibility index (Phi) is 7.22. The van der Waals surface area contributed by atoms with Crippen LogP contribution in [0.1, 0.15) is 49.4 Å². The number of ether oxygens (including phenoxy) is 3. The topological polar surface area (TPSA) is 85.3 Å². The van der Waals surface area contributed by atoms with E-state index in [0.29, 0.717) is 23.5 Å². The molecule has 7 nitrogen and oxygen atoms in total. The summed E-state index contributed by atoms with van der Waals surface area (Å²) in [4.78, 5) is 27.6. The van der Waals surface area contributed by atoms with E-state index in [1.165, 1.54) is 4.90 Å². The summed E-state index contributed by atoms with van der Waals surface area (Å²) in [7, 11) is 1.54. The smallest absolute Gasteiger partial charge is 0.295 e. The summed E-state index contributed by atoms with van der Waals surface area (Å²) in [6.45, 7) is 5.15. The number of likely N-dealkylation sites (tertiary alicyclic amines) is 1. The number of fused-ring (bicyclic) bond motifs is 1. The lowest BCUT2D eigenvalue weighted by Crippen LogP contribution is -2.32. The van der Waals surface area contributed by atoms with Gasteiger partial charge in [-0.2, -0.15) is 0 Å². The predicted molar refractivity (Wildman–Crippen MR) is 128 cm³/mol. The highest BCUT2D eigenvalue weighted by Crippen LogP contribution is 2.41. The molecular formula is C27H31NO6. The first-order valence-corrected chi connectivity index (χ1v) is 11.7. The lowest BCUT2D eigenvalue weighted by molar-refractivity contribution is -0.140. The maximum atomic E-state index is 13.2. The van der Waals surface area contributed by atoms with E-state index in [0.717, 1.165) is 30.6 Å². The molecule has 0 saturated carbocycles. The average molecular weight is 466 g/mol. The summed E-state index contributed by atoms with van der Waals surface area (Å²) in [5.74, 6) is -0.118. The standard InChI is InChI=1S/C27H31NO6/c1-4-5-12-33-21-8-6-7-18(16-21)24-23(26(30)27(31)28(24)11-13-32-3)25(29)19-9-10-22-20(15-19)14-17(2)34-22/h6-10,15-17,24,29H,4-5,11-14H2,1-3H3/t17-,24+/m1/s1. The number of unbranched alkanes of at least 4 members (excludes halogenated alkanes) is 1. The number of carbonyl (C=O) groups excluding carboxylic acids is 2. The van der Waals surface area contributed by atoms with E-state index in [1.807, 2.05) is 37.3 Å². The van der Waals surface area contributed by atoms with Gasteiger partial charge in [0.1, 0.15) is 23.4 Å². The Morgan fingerprint density at radius 2 is 2.00 bits per heavy atom. The fourth-order valence-electron chi connectivity index (χ4n) is 4.48. The Hall–Kier alpha value is -3.32. The van der Waals surface area contributed by atoms with E-state index < -0.39 is 17.7 Å². The van der Waals surface area contributed by atoms with Crippen molar-refractivity contribution < 1.29 is 28.9 Å². The van der Waals surface area contributed by atoms with E-state index >= 15 is 0 Å². The van der Waals surface area contributed by atoms with Gasteiger partial charge in [-0.25, -0.2) is 0 Å². The van der Waals surface area contributed by atoms with Gasteiger partial charge in [-0.3, -0.25) is 9.59 Å². The number of aliphatic hydroxyl groups is 1. The van der Waals surface area contributed by atoms with Crippen LogP contribution in [0.2, 0.25) is 0 Å². The maximum absolute atomic E-state index is 13.2. The lowest BCUT2D eigenvalue weighted by atomic mass is 9.94. The highest BCUT2D eigenvalue weighted by atomic mass is 16.5. The molecule has 0 bridgehead atoms. The molecule has 2 aromatic rings. The third-order valence-electron chi connectivity index (χ3n) is 6.19. The zero-order valence-electron chi connectivity index (χ0n) is 19.9. The Balaban J connectivity index is 1.77. The number of ketones is 1. The molecule has 2 atom stereocenters. The minimum atomic E-state index is -0.742. The molecule has 2 heterocycles. The van der Waals surface area contributed by atoms with Crippen LogP contribution >= 0.6 is 0 Å². The van der Waals surface area contributed by atoms with Gasteiger partial charge in [0.05, 0.1) is 24.8 Å². The molecule has 2 aromatic carbocycles. The highest BCUT2D eigenvalue weighted by Gasteiger charge is 2.46. The van der Waals surface area contributed by atoms with Crippen molar-refractivity contribution >= 4 is 17.4 Å². The number of carbonyl (C=O) groups is 2. The summed E-state index contributed by atoms with van der Waals surface area (Å²) in [6.07, 6.45) is 2.72. The van der Waals surface area contributed by atoms with Gasteiger partial charge in [0, 0.05) is 25.6 Å². The summed E-state index contributed by atoms with van der Waals surface area (Å²) >= 11 is 0. The molecule has 1 fully saturated rings. The number of hydrogen-bond acceptors (Lipinski definition) is 6. The number of methoxy groups -OCH3 is 1. The lowest BCUT2D eigenvalue weighted by Gasteiger charge is -2.25. The van der Waals surface area contributed by atoms with Crippen LogP contribution in [-0.4, -0.2) is 54.7 Å². The number of amides is 1. The van der Waals surface area contributed by atoms with Gasteiger partial charge in [0.25, 0.3) is 11.7 Å². The van der Waals surface area contributed by atoms with Crippen LogP contribution < -0.4 is 9.47 Å². The van der Waals surface area contributed by atoms with Crippen LogP contribution in [0.15, 0.2) is 48.0 Å². The normalized spacial score (nSPS) is 21.0. The van der Waals surface area contributed by atoms with Crippen molar-refractivity contribution in [1.82, 2.24) is 4.90 Å². The van der Waals surface area contributed by atoms with Crippen LogP contribution in [0.25, 0.3) is 5.76 Å². The zero-order chi connectivity index (χ0) is 24.2. The summed E-state index contributed by atoms with van der Waals surface area (Å²) < 4.78 is 16.8. The Bertz CT molecular complexity index is 1110. The second kappa shape index (κ2) is 10.3. The molecule has 0 unspecified atom stereocenters. The average Bonchev–Trinajstić information content (AvgIpc) is 3.33. The van der Waals surface area contributed by atoms with Gasteiger partial charge >= 0.3 is 0 Å². The Morgan fingerprint density at radius 1 is 1.18 bits per heavy atom. The summed E-state index contributed by atoms with van der Waals surface area (Å²) in [5, 5.41) is 11.3. The minimum absolute atomic E-state index is 0.0578. The number of benzene rings is 2. The molecule has 0 aliphatic carbocycles. The van der Waals surface area contributed by atoms with Crippen molar-refractivity contribution in [3.05, 3.63) is 64.7 Å².